The molecule has 0 saturated carbocycles. The fourth-order valence-corrected chi connectivity index (χ4v) is 4.05. The van der Waals surface area contributed by atoms with E-state index in [4.69, 9.17) is 4.74 Å². The molecule has 3 atom stereocenters. The van der Waals surface area contributed by atoms with Crippen LogP contribution in [0.15, 0.2) is 12.1 Å². The maximum Gasteiger partial charge on any atom is 0.230 e. The zero-order valence-corrected chi connectivity index (χ0v) is 18.0. The predicted octanol–water partition coefficient (Wildman–Crippen LogP) is 2.06. The number of likely N-dealkylation sites (tertiary alicyclic amines) is 1. The third kappa shape index (κ3) is 4.64. The number of amides is 1. The minimum absolute atomic E-state index is 0.119. The number of nitrogens with one attached hydrogen (secondary N) is 2. The molecule has 1 amide bonds. The second-order valence-electron chi connectivity index (χ2n) is 7.57. The van der Waals surface area contributed by atoms with Crippen molar-refractivity contribution in [3.63, 3.8) is 0 Å². The summed E-state index contributed by atoms with van der Waals surface area (Å²) in [5.74, 6) is 2.08. The number of carbonyl (C=O) groups is 1. The molecular formula is C20H31N7O3. The van der Waals surface area contributed by atoms with Crippen molar-refractivity contribution < 1.29 is 14.6 Å². The number of carbonyl (C=O) groups excluding carboxylic acids is 1. The quantitative estimate of drug-likeness (QED) is 0.531. The van der Waals surface area contributed by atoms with Gasteiger partial charge in [0.2, 0.25) is 18.2 Å². The standard InChI is InChI=1S/C20H31N7O3/c1-5-14-8-16(9-15(6-2)27(14)12-29)26(3)20-22-17(10-19(23-20)30-4)21-18-7-13(11-28)24-25-18/h7,10,12,14-16,28H,5-6,8-9,11H2,1-4H3,(H2,21,22,23,24,25)/t14-,15+,16-. The SMILES string of the molecule is CC[C@@H]1C[C@@H](N(C)c2nc(Nc3cc(CO)[nH]n3)cc(OC)n2)C[C@H](CC)N1C=O. The molecule has 3 rings (SSSR count). The van der Waals surface area contributed by atoms with Crippen LogP contribution in [0.3, 0.4) is 0 Å². The van der Waals surface area contributed by atoms with Crippen molar-refractivity contribution in [3.05, 3.63) is 17.8 Å². The third-order valence-electron chi connectivity index (χ3n) is 5.82. The highest BCUT2D eigenvalue weighted by molar-refractivity contribution is 5.55. The van der Waals surface area contributed by atoms with Crippen LogP contribution in [0.1, 0.15) is 45.2 Å². The highest BCUT2D eigenvalue weighted by Gasteiger charge is 2.35. The topological polar surface area (TPSA) is 120 Å². The van der Waals surface area contributed by atoms with Crippen LogP contribution in [0.5, 0.6) is 5.88 Å². The molecule has 10 heteroatoms. The summed E-state index contributed by atoms with van der Waals surface area (Å²) in [4.78, 5) is 24.8. The molecule has 0 spiro atoms. The molecule has 1 fully saturated rings. The number of H-pyrrole nitrogens is 1. The van der Waals surface area contributed by atoms with Gasteiger partial charge in [-0.05, 0) is 25.7 Å². The first-order chi connectivity index (χ1) is 14.5. The van der Waals surface area contributed by atoms with Gasteiger partial charge in [-0.1, -0.05) is 13.8 Å². The molecule has 0 radical (unpaired) electrons. The second kappa shape index (κ2) is 9.75. The molecule has 0 bridgehead atoms. The summed E-state index contributed by atoms with van der Waals surface area (Å²) in [6, 6.07) is 4.03. The van der Waals surface area contributed by atoms with Gasteiger partial charge in [-0.15, -0.1) is 0 Å². The number of hydrogen-bond donors (Lipinski definition) is 3. The third-order valence-corrected chi connectivity index (χ3v) is 5.82. The van der Waals surface area contributed by atoms with Crippen molar-refractivity contribution in [1.82, 2.24) is 25.1 Å². The summed E-state index contributed by atoms with van der Waals surface area (Å²) in [6.07, 6.45) is 4.55. The number of anilines is 3. The first-order valence-electron chi connectivity index (χ1n) is 10.3. The molecule has 10 nitrogen and oxygen atoms in total. The van der Waals surface area contributed by atoms with Gasteiger partial charge in [0, 0.05) is 37.3 Å². The van der Waals surface area contributed by atoms with Crippen LogP contribution >= 0.6 is 0 Å². The van der Waals surface area contributed by atoms with Gasteiger partial charge in [0.15, 0.2) is 5.82 Å². The average Bonchev–Trinajstić information content (AvgIpc) is 3.24. The van der Waals surface area contributed by atoms with Crippen molar-refractivity contribution in [1.29, 1.82) is 0 Å². The molecule has 1 saturated heterocycles. The van der Waals surface area contributed by atoms with Crippen molar-refractivity contribution in [2.45, 2.75) is 64.3 Å². The number of methoxy groups -OCH3 is 1. The lowest BCUT2D eigenvalue weighted by molar-refractivity contribution is -0.125. The molecule has 2 aromatic rings. The molecule has 0 aromatic carbocycles. The van der Waals surface area contributed by atoms with Gasteiger partial charge in [-0.25, -0.2) is 0 Å². The van der Waals surface area contributed by atoms with Crippen molar-refractivity contribution in [2.24, 2.45) is 0 Å². The number of nitrogens with zero attached hydrogens (tertiary/aromatic N) is 5. The number of aromatic amines is 1. The van der Waals surface area contributed by atoms with E-state index in [9.17, 15) is 9.90 Å². The molecule has 0 unspecified atom stereocenters. The van der Waals surface area contributed by atoms with Gasteiger partial charge in [-0.3, -0.25) is 9.89 Å². The van der Waals surface area contributed by atoms with E-state index in [0.717, 1.165) is 32.1 Å². The van der Waals surface area contributed by atoms with Crippen LogP contribution in [-0.2, 0) is 11.4 Å². The first kappa shape index (κ1) is 21.8. The lowest BCUT2D eigenvalue weighted by Crippen LogP contribution is -2.53. The Morgan fingerprint density at radius 1 is 1.27 bits per heavy atom. The van der Waals surface area contributed by atoms with E-state index in [1.54, 1.807) is 19.2 Å². The van der Waals surface area contributed by atoms with E-state index in [2.05, 4.69) is 44.2 Å². The largest absolute Gasteiger partial charge is 0.481 e. The summed E-state index contributed by atoms with van der Waals surface area (Å²) >= 11 is 0. The van der Waals surface area contributed by atoms with Crippen LogP contribution in [-0.4, -0.2) is 68.9 Å². The first-order valence-corrected chi connectivity index (χ1v) is 10.3. The molecule has 30 heavy (non-hydrogen) atoms. The number of aliphatic hydroxyl groups is 1. The highest BCUT2D eigenvalue weighted by atomic mass is 16.5. The van der Waals surface area contributed by atoms with E-state index in [-0.39, 0.29) is 24.7 Å². The number of piperidine rings is 1. The monoisotopic (exact) mass is 417 g/mol. The van der Waals surface area contributed by atoms with E-state index in [0.29, 0.717) is 29.2 Å². The van der Waals surface area contributed by atoms with Gasteiger partial charge in [-0.2, -0.15) is 15.1 Å². The minimum Gasteiger partial charge on any atom is -0.481 e. The van der Waals surface area contributed by atoms with E-state index >= 15 is 0 Å². The van der Waals surface area contributed by atoms with E-state index < -0.39 is 0 Å². The van der Waals surface area contributed by atoms with Gasteiger partial charge < -0.3 is 25.0 Å². The highest BCUT2D eigenvalue weighted by Crippen LogP contribution is 2.31. The number of aromatic nitrogens is 4. The summed E-state index contributed by atoms with van der Waals surface area (Å²) in [6.45, 7) is 4.11. The molecule has 164 valence electrons. The Bertz CT molecular complexity index is 830. The molecule has 1 aliphatic heterocycles. The van der Waals surface area contributed by atoms with Gasteiger partial charge >= 0.3 is 0 Å². The van der Waals surface area contributed by atoms with Crippen molar-refractivity contribution in [2.75, 3.05) is 24.4 Å². The Kier molecular flexibility index (Phi) is 7.09. The van der Waals surface area contributed by atoms with Crippen LogP contribution < -0.4 is 15.0 Å². The Balaban J connectivity index is 1.83. The van der Waals surface area contributed by atoms with Gasteiger partial charge in [0.25, 0.3) is 0 Å². The number of ether oxygens (including phenoxy) is 1. The maximum atomic E-state index is 11.6. The minimum atomic E-state index is -0.119. The summed E-state index contributed by atoms with van der Waals surface area (Å²) in [5, 5.41) is 19.2. The number of aliphatic hydroxyl groups excluding tert-OH is 1. The Hall–Kier alpha value is -2.88. The molecular weight excluding hydrogens is 386 g/mol. The summed E-state index contributed by atoms with van der Waals surface area (Å²) in [7, 11) is 3.55. The second-order valence-corrected chi connectivity index (χ2v) is 7.57. The predicted molar refractivity (Wildman–Crippen MR) is 114 cm³/mol. The molecule has 1 aliphatic rings. The zero-order chi connectivity index (χ0) is 21.7. The number of hydrogen-bond acceptors (Lipinski definition) is 8. The van der Waals surface area contributed by atoms with Crippen molar-refractivity contribution in [3.8, 4) is 5.88 Å². The van der Waals surface area contributed by atoms with Gasteiger partial charge in [0.05, 0.1) is 19.4 Å². The lowest BCUT2D eigenvalue weighted by Gasteiger charge is -2.45. The van der Waals surface area contributed by atoms with Crippen molar-refractivity contribution >= 4 is 24.0 Å². The number of rotatable bonds is 9. The molecule has 0 aliphatic carbocycles. The van der Waals surface area contributed by atoms with Crippen LogP contribution in [0.4, 0.5) is 17.6 Å². The Labute approximate surface area is 176 Å². The smallest absolute Gasteiger partial charge is 0.230 e. The van der Waals surface area contributed by atoms with Gasteiger partial charge in [0.1, 0.15) is 5.82 Å². The van der Waals surface area contributed by atoms with E-state index in [1.807, 2.05) is 11.9 Å². The average molecular weight is 418 g/mol. The fourth-order valence-electron chi connectivity index (χ4n) is 4.05. The summed E-state index contributed by atoms with van der Waals surface area (Å²) < 4.78 is 5.38. The molecule has 2 aromatic heterocycles. The van der Waals surface area contributed by atoms with Crippen LogP contribution in [0.2, 0.25) is 0 Å². The molecule has 3 N–H and O–H groups in total. The maximum absolute atomic E-state index is 11.6. The van der Waals surface area contributed by atoms with Crippen LogP contribution in [0.25, 0.3) is 0 Å². The normalized spacial score (nSPS) is 21.4. The zero-order valence-electron chi connectivity index (χ0n) is 18.0. The lowest BCUT2D eigenvalue weighted by atomic mass is 9.88. The Morgan fingerprint density at radius 3 is 2.50 bits per heavy atom. The molecule has 3 heterocycles. The summed E-state index contributed by atoms with van der Waals surface area (Å²) in [5.41, 5.74) is 0.606. The fraction of sp³-hybridized carbons (Fsp3) is 0.600. The van der Waals surface area contributed by atoms with Crippen LogP contribution in [0, 0.1) is 0 Å². The Morgan fingerprint density at radius 2 is 1.97 bits per heavy atom. The van der Waals surface area contributed by atoms with E-state index in [1.165, 1.54) is 0 Å².